The maximum absolute atomic E-state index is 14.8. The zero-order valence-electron chi connectivity index (χ0n) is 24.0. The number of hydrazine groups is 1. The van der Waals surface area contributed by atoms with E-state index in [1.807, 2.05) is 30.3 Å². The molecular formula is C32H30N6O5. The summed E-state index contributed by atoms with van der Waals surface area (Å²) >= 11 is 0. The fraction of sp³-hybridized carbons (Fsp3) is 0.312. The van der Waals surface area contributed by atoms with Crippen molar-refractivity contribution in [2.75, 3.05) is 12.1 Å². The molecule has 11 nitrogen and oxygen atoms in total. The molecule has 3 atom stereocenters. The maximum Gasteiger partial charge on any atom is 0.295 e. The van der Waals surface area contributed by atoms with Crippen molar-refractivity contribution in [2.45, 2.75) is 39.2 Å². The van der Waals surface area contributed by atoms with Gasteiger partial charge in [0.15, 0.2) is 5.69 Å². The van der Waals surface area contributed by atoms with Gasteiger partial charge in [-0.3, -0.25) is 19.7 Å². The van der Waals surface area contributed by atoms with Gasteiger partial charge in [-0.05, 0) is 79.1 Å². The predicted octanol–water partition coefficient (Wildman–Crippen LogP) is 5.45. The molecule has 3 fully saturated rings. The van der Waals surface area contributed by atoms with Gasteiger partial charge in [0.2, 0.25) is 0 Å². The lowest BCUT2D eigenvalue weighted by atomic mass is 9.67. The van der Waals surface area contributed by atoms with Gasteiger partial charge in [0.25, 0.3) is 17.5 Å². The number of para-hydroxylation sites is 1. The van der Waals surface area contributed by atoms with E-state index in [2.05, 4.69) is 24.2 Å². The molecule has 2 bridgehead atoms. The molecule has 43 heavy (non-hydrogen) atoms. The fourth-order valence-corrected chi connectivity index (χ4v) is 7.67. The molecule has 4 aromatic rings. The van der Waals surface area contributed by atoms with Crippen LogP contribution in [-0.4, -0.2) is 49.9 Å². The number of aromatic nitrogens is 3. The molecule has 2 heterocycles. The van der Waals surface area contributed by atoms with Gasteiger partial charge < -0.3 is 4.74 Å². The van der Waals surface area contributed by atoms with E-state index in [9.17, 15) is 19.7 Å². The van der Waals surface area contributed by atoms with Crippen LogP contribution < -0.4 is 9.75 Å². The first-order valence-electron chi connectivity index (χ1n) is 14.3. The largest absolute Gasteiger partial charge is 0.497 e. The summed E-state index contributed by atoms with van der Waals surface area (Å²) in [6, 6.07) is 22.0. The Balaban J connectivity index is 1.40. The van der Waals surface area contributed by atoms with E-state index in [0.29, 0.717) is 40.7 Å². The van der Waals surface area contributed by atoms with E-state index < -0.39 is 16.2 Å². The van der Waals surface area contributed by atoms with E-state index in [4.69, 9.17) is 4.74 Å². The van der Waals surface area contributed by atoms with Gasteiger partial charge in [0, 0.05) is 17.7 Å². The molecule has 1 spiro atoms. The van der Waals surface area contributed by atoms with Crippen LogP contribution in [0.15, 0.2) is 78.9 Å². The third kappa shape index (κ3) is 3.66. The Kier molecular flexibility index (Phi) is 5.91. The highest BCUT2D eigenvalue weighted by atomic mass is 16.6. The summed E-state index contributed by atoms with van der Waals surface area (Å²) < 4.78 is 6.84. The van der Waals surface area contributed by atoms with Gasteiger partial charge in [-0.2, -0.15) is 0 Å². The molecule has 1 aromatic heterocycles. The number of hydrogen-bond acceptors (Lipinski definition) is 7. The number of nitro benzene ring substituents is 1. The topological polar surface area (TPSA) is 124 Å². The van der Waals surface area contributed by atoms with Crippen molar-refractivity contribution >= 4 is 23.2 Å². The Bertz CT molecular complexity index is 1750. The minimum absolute atomic E-state index is 0.0519. The molecule has 3 aliphatic rings. The molecule has 218 valence electrons. The van der Waals surface area contributed by atoms with Gasteiger partial charge in [-0.1, -0.05) is 37.3 Å². The van der Waals surface area contributed by atoms with Crippen molar-refractivity contribution in [1.82, 2.24) is 20.0 Å². The summed E-state index contributed by atoms with van der Waals surface area (Å²) in [5, 5.41) is 23.3. The number of carbonyl (C=O) groups is 2. The Labute approximate surface area is 247 Å². The van der Waals surface area contributed by atoms with Crippen molar-refractivity contribution in [3.63, 3.8) is 0 Å². The first-order chi connectivity index (χ1) is 20.7. The van der Waals surface area contributed by atoms with E-state index in [-0.39, 0.29) is 28.7 Å². The van der Waals surface area contributed by atoms with Crippen molar-refractivity contribution in [2.24, 2.45) is 16.7 Å². The van der Waals surface area contributed by atoms with Gasteiger partial charge in [-0.15, -0.1) is 5.10 Å². The summed E-state index contributed by atoms with van der Waals surface area (Å²) in [5.41, 5.74) is 1.12. The Morgan fingerprint density at radius 2 is 1.70 bits per heavy atom. The van der Waals surface area contributed by atoms with Gasteiger partial charge in [0.05, 0.1) is 34.9 Å². The highest BCUT2D eigenvalue weighted by molar-refractivity contribution is 6.09. The molecule has 1 aliphatic heterocycles. The fourth-order valence-electron chi connectivity index (χ4n) is 7.67. The van der Waals surface area contributed by atoms with E-state index in [1.54, 1.807) is 58.2 Å². The van der Waals surface area contributed by atoms with Crippen molar-refractivity contribution < 1.29 is 19.2 Å². The summed E-state index contributed by atoms with van der Waals surface area (Å²) in [5.74, 6) is 0.450. The third-order valence-electron chi connectivity index (χ3n) is 9.97. The second kappa shape index (κ2) is 9.48. The summed E-state index contributed by atoms with van der Waals surface area (Å²) in [4.78, 5) is 40.2. The summed E-state index contributed by atoms with van der Waals surface area (Å²) in [6.07, 6.45) is 2.38. The number of amides is 2. The van der Waals surface area contributed by atoms with Gasteiger partial charge in [-0.25, -0.2) is 14.7 Å². The number of fused-ring (bicyclic) bond motifs is 1. The molecule has 3 aromatic carbocycles. The lowest BCUT2D eigenvalue weighted by molar-refractivity contribution is -0.384. The second-order valence-electron chi connectivity index (χ2n) is 12.0. The van der Waals surface area contributed by atoms with Crippen LogP contribution in [-0.2, 0) is 4.79 Å². The molecule has 11 heteroatoms. The number of anilines is 1. The predicted molar refractivity (Wildman–Crippen MR) is 157 cm³/mol. The number of non-ortho nitro benzene ring substituents is 1. The van der Waals surface area contributed by atoms with E-state index in [0.717, 1.165) is 12.8 Å². The number of nitrogens with zero attached hydrogens (tertiary/aromatic N) is 6. The molecule has 1 saturated heterocycles. The maximum atomic E-state index is 14.8. The normalized spacial score (nSPS) is 23.5. The number of ether oxygens (including phenoxy) is 1. The molecule has 2 amide bonds. The third-order valence-corrected chi connectivity index (χ3v) is 9.97. The molecule has 2 aliphatic carbocycles. The number of rotatable bonds is 6. The Morgan fingerprint density at radius 3 is 2.33 bits per heavy atom. The SMILES string of the molecule is COc1ccc(-n2nnc(C(=O)N3[C@@H]4C[C@H]5CC[C@]4(C(=O)N3c3ccccc3)C5(C)C)c2-c2ccc([N+](=O)[O-])cc2)cc1. The number of nitro groups is 1. The van der Waals surface area contributed by atoms with Crippen molar-refractivity contribution in [1.29, 1.82) is 0 Å². The monoisotopic (exact) mass is 578 g/mol. The molecule has 7 rings (SSSR count). The first kappa shape index (κ1) is 26.8. The molecule has 0 N–H and O–H groups in total. The number of carbonyl (C=O) groups excluding carboxylic acids is 2. The van der Waals surface area contributed by atoms with Crippen LogP contribution in [0.25, 0.3) is 16.9 Å². The van der Waals surface area contributed by atoms with Crippen LogP contribution in [0.4, 0.5) is 11.4 Å². The van der Waals surface area contributed by atoms with Gasteiger partial charge in [0.1, 0.15) is 11.4 Å². The summed E-state index contributed by atoms with van der Waals surface area (Å²) in [7, 11) is 1.57. The van der Waals surface area contributed by atoms with Crippen LogP contribution in [0.3, 0.4) is 0 Å². The smallest absolute Gasteiger partial charge is 0.295 e. The zero-order chi connectivity index (χ0) is 30.1. The minimum atomic E-state index is -0.706. The molecule has 0 radical (unpaired) electrons. The average Bonchev–Trinajstić information content (AvgIpc) is 3.72. The number of methoxy groups -OCH3 is 1. The summed E-state index contributed by atoms with van der Waals surface area (Å²) in [6.45, 7) is 4.31. The molecule has 2 saturated carbocycles. The first-order valence-corrected chi connectivity index (χ1v) is 14.3. The van der Waals surface area contributed by atoms with Crippen LogP contribution in [0.5, 0.6) is 5.75 Å². The standard InChI is InChI=1S/C32H30N6O5/c1-31(2)21-17-18-32(31)26(19-21)37(36(30(32)40)23-7-5-4-6-8-23)29(39)27-28(20-9-11-24(12-10-20)38(41)42)35(34-33-27)22-13-15-25(43-3)16-14-22/h4-16,21,26H,17-19H2,1-3H3/t21-,26-,32+/m1/s1. The van der Waals surface area contributed by atoms with Crippen LogP contribution in [0.2, 0.25) is 0 Å². The Morgan fingerprint density at radius 1 is 1.00 bits per heavy atom. The number of hydrogen-bond donors (Lipinski definition) is 0. The highest BCUT2D eigenvalue weighted by Gasteiger charge is 2.75. The van der Waals surface area contributed by atoms with Crippen molar-refractivity contribution in [3.8, 4) is 22.7 Å². The molecular weight excluding hydrogens is 548 g/mol. The highest BCUT2D eigenvalue weighted by Crippen LogP contribution is 2.70. The van der Waals surface area contributed by atoms with Gasteiger partial charge >= 0.3 is 0 Å². The second-order valence-corrected chi connectivity index (χ2v) is 12.0. The van der Waals surface area contributed by atoms with Crippen LogP contribution in [0.1, 0.15) is 43.6 Å². The number of benzene rings is 3. The Hall–Kier alpha value is -5.06. The van der Waals surface area contributed by atoms with Crippen LogP contribution in [0, 0.1) is 26.9 Å². The lowest BCUT2D eigenvalue weighted by Crippen LogP contribution is -2.47. The molecule has 0 unspecified atom stereocenters. The van der Waals surface area contributed by atoms with Crippen molar-refractivity contribution in [3.05, 3.63) is 94.7 Å². The van der Waals surface area contributed by atoms with E-state index >= 15 is 0 Å². The lowest BCUT2D eigenvalue weighted by Gasteiger charge is -2.34. The average molecular weight is 579 g/mol. The minimum Gasteiger partial charge on any atom is -0.497 e. The van der Waals surface area contributed by atoms with Crippen LogP contribution >= 0.6 is 0 Å². The quantitative estimate of drug-likeness (QED) is 0.220. The zero-order valence-corrected chi connectivity index (χ0v) is 24.0. The van der Waals surface area contributed by atoms with E-state index in [1.165, 1.54) is 12.1 Å².